The number of anilines is 2. The fourth-order valence-electron chi connectivity index (χ4n) is 4.38. The van der Waals surface area contributed by atoms with E-state index in [4.69, 9.17) is 20.4 Å². The van der Waals surface area contributed by atoms with Gasteiger partial charge in [0.1, 0.15) is 23.4 Å². The SMILES string of the molecule is COc1ccc(F)c(C(Nc2ccc3c(N)nccc3c2)C(=O)NCc2ccccc2S(=O)(=O)C2CC2)c1.O=C(O)C(F)(F)F. The Morgan fingerprint density at radius 2 is 1.78 bits per heavy atom. The number of ether oxygens (including phenoxy) is 1. The lowest BCUT2D eigenvalue weighted by Crippen LogP contribution is -2.34. The third kappa shape index (κ3) is 7.98. The Morgan fingerprint density at radius 3 is 2.42 bits per heavy atom. The number of benzene rings is 3. The fraction of sp³-hybridized carbons (Fsp3) is 0.233. The van der Waals surface area contributed by atoms with Gasteiger partial charge in [0.15, 0.2) is 9.84 Å². The van der Waals surface area contributed by atoms with Crippen LogP contribution in [0.25, 0.3) is 10.8 Å². The van der Waals surface area contributed by atoms with Crippen LogP contribution in [0.4, 0.5) is 29.1 Å². The molecule has 1 atom stereocenters. The van der Waals surface area contributed by atoms with Crippen LogP contribution in [0.15, 0.2) is 77.8 Å². The number of aromatic nitrogens is 1. The summed E-state index contributed by atoms with van der Waals surface area (Å²) >= 11 is 0. The summed E-state index contributed by atoms with van der Waals surface area (Å²) in [5, 5.41) is 14.2. The third-order valence-electron chi connectivity index (χ3n) is 6.82. The zero-order valence-electron chi connectivity index (χ0n) is 23.6. The molecule has 4 aromatic rings. The molecule has 1 fully saturated rings. The number of aliphatic carboxylic acids is 1. The minimum Gasteiger partial charge on any atom is -0.497 e. The van der Waals surface area contributed by atoms with E-state index < -0.39 is 39.7 Å². The molecule has 1 aromatic heterocycles. The number of nitrogens with two attached hydrogens (primary N) is 1. The smallest absolute Gasteiger partial charge is 0.490 e. The van der Waals surface area contributed by atoms with E-state index in [1.165, 1.54) is 25.3 Å². The van der Waals surface area contributed by atoms with Crippen LogP contribution >= 0.6 is 0 Å². The number of sulfone groups is 1. The fourth-order valence-corrected chi connectivity index (χ4v) is 6.27. The lowest BCUT2D eigenvalue weighted by atomic mass is 10.0. The molecule has 238 valence electrons. The van der Waals surface area contributed by atoms with Gasteiger partial charge in [-0.1, -0.05) is 18.2 Å². The molecule has 1 saturated carbocycles. The highest BCUT2D eigenvalue weighted by molar-refractivity contribution is 7.92. The summed E-state index contributed by atoms with van der Waals surface area (Å²) in [6.45, 7) is -0.0371. The molecule has 1 unspecified atom stereocenters. The summed E-state index contributed by atoms with van der Waals surface area (Å²) in [4.78, 5) is 26.7. The number of alkyl halides is 3. The Hall–Kier alpha value is -4.92. The van der Waals surface area contributed by atoms with Crippen LogP contribution < -0.4 is 21.1 Å². The maximum atomic E-state index is 15.0. The third-order valence-corrected chi connectivity index (χ3v) is 9.18. The first-order valence-corrected chi connectivity index (χ1v) is 14.9. The van der Waals surface area contributed by atoms with Crippen molar-refractivity contribution in [2.75, 3.05) is 18.2 Å². The highest BCUT2D eigenvalue weighted by atomic mass is 32.2. The summed E-state index contributed by atoms with van der Waals surface area (Å²) in [6, 6.07) is 16.7. The van der Waals surface area contributed by atoms with Crippen molar-refractivity contribution in [2.45, 2.75) is 41.7 Å². The number of nitrogens with zero attached hydrogens (tertiary/aromatic N) is 1. The predicted molar refractivity (Wildman–Crippen MR) is 158 cm³/mol. The van der Waals surface area contributed by atoms with Gasteiger partial charge in [-0.05, 0) is 72.3 Å². The van der Waals surface area contributed by atoms with E-state index >= 15 is 4.39 Å². The summed E-state index contributed by atoms with van der Waals surface area (Å²) in [5.74, 6) is -3.12. The van der Waals surface area contributed by atoms with Crippen LogP contribution in [0.1, 0.15) is 30.0 Å². The molecule has 0 spiro atoms. The number of methoxy groups -OCH3 is 1. The number of hydrogen-bond acceptors (Lipinski definition) is 8. The van der Waals surface area contributed by atoms with E-state index in [0.717, 1.165) is 10.8 Å². The zero-order chi connectivity index (χ0) is 32.9. The van der Waals surface area contributed by atoms with Gasteiger partial charge in [-0.15, -0.1) is 0 Å². The summed E-state index contributed by atoms with van der Waals surface area (Å²) in [5.41, 5.74) is 7.07. The van der Waals surface area contributed by atoms with E-state index in [-0.39, 0.29) is 22.3 Å². The number of nitrogen functional groups attached to an aromatic ring is 1. The number of carboxylic acids is 1. The first-order valence-electron chi connectivity index (χ1n) is 13.4. The van der Waals surface area contributed by atoms with Crippen molar-refractivity contribution >= 4 is 44.0 Å². The van der Waals surface area contributed by atoms with Crippen LogP contribution in [0, 0.1) is 5.82 Å². The maximum absolute atomic E-state index is 15.0. The molecule has 1 heterocycles. The monoisotopic (exact) mass is 648 g/mol. The molecule has 1 aliphatic carbocycles. The van der Waals surface area contributed by atoms with Crippen molar-refractivity contribution in [2.24, 2.45) is 0 Å². The summed E-state index contributed by atoms with van der Waals surface area (Å²) < 4.78 is 77.8. The Morgan fingerprint density at radius 1 is 1.09 bits per heavy atom. The van der Waals surface area contributed by atoms with Crippen molar-refractivity contribution < 1.29 is 45.4 Å². The number of amides is 1. The molecular formula is C30H28F4N4O6S. The maximum Gasteiger partial charge on any atom is 0.490 e. The zero-order valence-corrected chi connectivity index (χ0v) is 24.5. The second-order valence-corrected chi connectivity index (χ2v) is 12.2. The largest absolute Gasteiger partial charge is 0.497 e. The minimum atomic E-state index is -5.08. The first kappa shape index (κ1) is 33.0. The minimum absolute atomic E-state index is 0.0371. The number of halogens is 4. The molecule has 0 bridgehead atoms. The number of carbonyl (C=O) groups is 2. The Labute approximate surface area is 255 Å². The van der Waals surface area contributed by atoms with Gasteiger partial charge in [-0.25, -0.2) is 22.6 Å². The molecule has 1 aliphatic rings. The van der Waals surface area contributed by atoms with Crippen LogP contribution in [-0.4, -0.2) is 48.9 Å². The summed E-state index contributed by atoms with van der Waals surface area (Å²) in [6.07, 6.45) is -2.23. The standard InChI is InChI=1S/C28H27FN4O4S.C2HF3O2/c1-37-20-7-11-24(29)23(15-20)26(33-19-6-10-22-17(14-19)12-13-31-27(22)30)28(34)32-16-18-4-2-3-5-25(18)38(35,36)21-8-9-21;3-2(4,5)1(6)7/h2-7,10-15,21,26,33H,8-9,16H2,1H3,(H2,30,31)(H,32,34);(H,6,7). The molecule has 0 radical (unpaired) electrons. The van der Waals surface area contributed by atoms with Crippen molar-refractivity contribution in [1.29, 1.82) is 0 Å². The van der Waals surface area contributed by atoms with E-state index in [0.29, 0.717) is 35.7 Å². The highest BCUT2D eigenvalue weighted by Gasteiger charge is 2.39. The van der Waals surface area contributed by atoms with Crippen LogP contribution in [-0.2, 0) is 26.0 Å². The molecule has 5 rings (SSSR count). The number of fused-ring (bicyclic) bond motifs is 1. The Bertz CT molecular complexity index is 1830. The topological polar surface area (TPSA) is 161 Å². The lowest BCUT2D eigenvalue weighted by molar-refractivity contribution is -0.192. The van der Waals surface area contributed by atoms with Crippen molar-refractivity contribution in [1.82, 2.24) is 10.3 Å². The Kier molecular flexibility index (Phi) is 9.81. The first-order chi connectivity index (χ1) is 21.2. The molecule has 5 N–H and O–H groups in total. The van der Waals surface area contributed by atoms with Gasteiger partial charge in [0, 0.05) is 29.4 Å². The number of carbonyl (C=O) groups excluding carboxylic acids is 1. The van der Waals surface area contributed by atoms with Crippen LogP contribution in [0.3, 0.4) is 0 Å². The number of nitrogens with one attached hydrogen (secondary N) is 2. The van der Waals surface area contributed by atoms with Gasteiger partial charge in [-0.3, -0.25) is 4.79 Å². The second-order valence-electron chi connectivity index (χ2n) is 9.97. The molecule has 15 heteroatoms. The van der Waals surface area contributed by atoms with Gasteiger partial charge in [-0.2, -0.15) is 13.2 Å². The predicted octanol–water partition coefficient (Wildman–Crippen LogP) is 5.00. The van der Waals surface area contributed by atoms with Gasteiger partial charge >= 0.3 is 12.1 Å². The summed E-state index contributed by atoms with van der Waals surface area (Å²) in [7, 11) is -2.01. The van der Waals surface area contributed by atoms with Gasteiger partial charge < -0.3 is 26.2 Å². The molecule has 0 saturated heterocycles. The van der Waals surface area contributed by atoms with Crippen molar-refractivity contribution in [3.05, 3.63) is 89.9 Å². The molecule has 3 aromatic carbocycles. The van der Waals surface area contributed by atoms with E-state index in [2.05, 4.69) is 15.6 Å². The molecule has 45 heavy (non-hydrogen) atoms. The number of rotatable bonds is 9. The molecule has 0 aliphatic heterocycles. The molecule has 1 amide bonds. The average molecular weight is 649 g/mol. The average Bonchev–Trinajstić information content (AvgIpc) is 3.86. The highest BCUT2D eigenvalue weighted by Crippen LogP contribution is 2.35. The lowest BCUT2D eigenvalue weighted by Gasteiger charge is -2.22. The molecular weight excluding hydrogens is 620 g/mol. The van der Waals surface area contributed by atoms with Gasteiger partial charge in [0.2, 0.25) is 5.91 Å². The van der Waals surface area contributed by atoms with E-state index in [1.807, 2.05) is 0 Å². The number of carboxylic acid groups (broad SMARTS) is 1. The van der Waals surface area contributed by atoms with Crippen molar-refractivity contribution in [3.8, 4) is 5.75 Å². The Balaban J connectivity index is 0.000000591. The normalized spacial score (nSPS) is 13.7. The van der Waals surface area contributed by atoms with Gasteiger partial charge in [0.05, 0.1) is 17.3 Å². The van der Waals surface area contributed by atoms with Gasteiger partial charge in [0.25, 0.3) is 0 Å². The second kappa shape index (κ2) is 13.4. The van der Waals surface area contributed by atoms with Crippen molar-refractivity contribution in [3.63, 3.8) is 0 Å². The van der Waals surface area contributed by atoms with E-state index in [1.54, 1.807) is 54.7 Å². The van der Waals surface area contributed by atoms with E-state index in [9.17, 15) is 26.4 Å². The molecule has 10 nitrogen and oxygen atoms in total. The number of pyridine rings is 1. The van der Waals surface area contributed by atoms with Crippen LogP contribution in [0.2, 0.25) is 0 Å². The number of hydrogen-bond donors (Lipinski definition) is 4. The quantitative estimate of drug-likeness (QED) is 0.183. The van der Waals surface area contributed by atoms with Crippen LogP contribution in [0.5, 0.6) is 5.75 Å².